The number of carbonyl (C=O) groups is 2. The van der Waals surface area contributed by atoms with Gasteiger partial charge in [-0.05, 0) is 0 Å². The van der Waals surface area contributed by atoms with Gasteiger partial charge in [-0.15, -0.1) is 5.10 Å². The lowest BCUT2D eigenvalue weighted by atomic mass is 9.93. The topological polar surface area (TPSA) is 86.1 Å². The molecule has 0 unspecified atom stereocenters. The van der Waals surface area contributed by atoms with Gasteiger partial charge in [-0.2, -0.15) is 0 Å². The number of carbonyl (C=O) groups excluding carboxylic acids is 2. The monoisotopic (exact) mass is 282 g/mol. The van der Waals surface area contributed by atoms with Crippen molar-refractivity contribution < 1.29 is 14.3 Å². The lowest BCUT2D eigenvalue weighted by Gasteiger charge is -2.17. The highest BCUT2D eigenvalue weighted by Crippen LogP contribution is 2.18. The van der Waals surface area contributed by atoms with Crippen LogP contribution in [0.15, 0.2) is 6.20 Å². The van der Waals surface area contributed by atoms with E-state index < -0.39 is 12.1 Å². The molecule has 0 radical (unpaired) electrons. The molecule has 1 N–H and O–H groups in total. The van der Waals surface area contributed by atoms with E-state index in [9.17, 15) is 9.59 Å². The molecule has 1 heterocycles. The molecule has 1 rings (SSSR count). The van der Waals surface area contributed by atoms with Crippen molar-refractivity contribution in [2.45, 2.75) is 52.7 Å². The Hall–Kier alpha value is -1.92. The first-order chi connectivity index (χ1) is 9.18. The third-order valence-electron chi connectivity index (χ3n) is 2.61. The summed E-state index contributed by atoms with van der Waals surface area (Å²) in [5.41, 5.74) is 0.769. The Balaban J connectivity index is 2.70. The van der Waals surface area contributed by atoms with E-state index in [4.69, 9.17) is 4.74 Å². The SMILES string of the molecule is CC(=O)NC[C@@H](Cn1cc(C(C)(C)C)nn1)OC(C)=O. The quantitative estimate of drug-likeness (QED) is 0.801. The Labute approximate surface area is 118 Å². The average Bonchev–Trinajstić information content (AvgIpc) is 2.73. The van der Waals surface area contributed by atoms with Gasteiger partial charge in [0.1, 0.15) is 6.10 Å². The van der Waals surface area contributed by atoms with Crippen molar-refractivity contribution in [2.24, 2.45) is 0 Å². The van der Waals surface area contributed by atoms with E-state index in [0.29, 0.717) is 6.54 Å². The van der Waals surface area contributed by atoms with Crippen molar-refractivity contribution >= 4 is 11.9 Å². The molecule has 1 amide bonds. The molecule has 0 fully saturated rings. The molecule has 0 spiro atoms. The third-order valence-corrected chi connectivity index (χ3v) is 2.61. The van der Waals surface area contributed by atoms with Crippen LogP contribution >= 0.6 is 0 Å². The first-order valence-electron chi connectivity index (χ1n) is 6.50. The fourth-order valence-corrected chi connectivity index (χ4v) is 1.58. The number of nitrogens with zero attached hydrogens (tertiary/aromatic N) is 3. The highest BCUT2D eigenvalue weighted by Gasteiger charge is 2.20. The number of esters is 1. The minimum absolute atomic E-state index is 0.0905. The zero-order valence-corrected chi connectivity index (χ0v) is 12.6. The van der Waals surface area contributed by atoms with Gasteiger partial charge in [-0.1, -0.05) is 26.0 Å². The van der Waals surface area contributed by atoms with Gasteiger partial charge in [0.15, 0.2) is 0 Å². The first-order valence-corrected chi connectivity index (χ1v) is 6.50. The number of hydrogen-bond donors (Lipinski definition) is 1. The van der Waals surface area contributed by atoms with Crippen LogP contribution in [0.3, 0.4) is 0 Å². The molecule has 0 aliphatic rings. The van der Waals surface area contributed by atoms with E-state index in [0.717, 1.165) is 5.69 Å². The van der Waals surface area contributed by atoms with Gasteiger partial charge in [-0.25, -0.2) is 4.68 Å². The van der Waals surface area contributed by atoms with Crippen LogP contribution in [0.25, 0.3) is 0 Å². The molecule has 0 aromatic carbocycles. The summed E-state index contributed by atoms with van der Waals surface area (Å²) in [5, 5.41) is 10.8. The minimum Gasteiger partial charge on any atom is -0.459 e. The number of nitrogens with one attached hydrogen (secondary N) is 1. The van der Waals surface area contributed by atoms with Crippen molar-refractivity contribution in [3.63, 3.8) is 0 Å². The Morgan fingerprint density at radius 1 is 1.40 bits per heavy atom. The molecule has 1 aromatic rings. The van der Waals surface area contributed by atoms with Crippen molar-refractivity contribution in [1.29, 1.82) is 0 Å². The van der Waals surface area contributed by atoms with Crippen LogP contribution in [-0.2, 0) is 26.3 Å². The maximum Gasteiger partial charge on any atom is 0.303 e. The second-order valence-electron chi connectivity index (χ2n) is 5.74. The van der Waals surface area contributed by atoms with E-state index in [1.807, 2.05) is 27.0 Å². The Kier molecular flexibility index (Phi) is 5.24. The lowest BCUT2D eigenvalue weighted by Crippen LogP contribution is -2.36. The standard InChI is InChI=1S/C13H22N4O3/c1-9(18)14-6-11(20-10(2)19)7-17-8-12(15-16-17)13(3,4)5/h8,11H,6-7H2,1-5H3,(H,14,18)/t11-/m0/s1. The molecule has 1 atom stereocenters. The van der Waals surface area contributed by atoms with Crippen LogP contribution in [0, 0.1) is 0 Å². The Morgan fingerprint density at radius 2 is 2.05 bits per heavy atom. The van der Waals surface area contributed by atoms with Crippen LogP contribution in [0.1, 0.15) is 40.3 Å². The minimum atomic E-state index is -0.467. The van der Waals surface area contributed by atoms with Crippen LogP contribution in [0.5, 0.6) is 0 Å². The van der Waals surface area contributed by atoms with Gasteiger partial charge in [0.25, 0.3) is 0 Å². The van der Waals surface area contributed by atoms with E-state index in [-0.39, 0.29) is 17.9 Å². The lowest BCUT2D eigenvalue weighted by molar-refractivity contribution is -0.147. The highest BCUT2D eigenvalue weighted by molar-refractivity contribution is 5.72. The van der Waals surface area contributed by atoms with Gasteiger partial charge in [0, 0.05) is 25.5 Å². The summed E-state index contributed by atoms with van der Waals surface area (Å²) < 4.78 is 6.78. The molecule has 0 saturated carbocycles. The summed E-state index contributed by atoms with van der Waals surface area (Å²) in [5.74, 6) is -0.562. The molecule has 1 aromatic heterocycles. The summed E-state index contributed by atoms with van der Waals surface area (Å²) in [6.07, 6.45) is 1.36. The van der Waals surface area contributed by atoms with E-state index >= 15 is 0 Å². The molecule has 0 saturated heterocycles. The van der Waals surface area contributed by atoms with E-state index in [1.54, 1.807) is 4.68 Å². The molecule has 112 valence electrons. The Bertz CT molecular complexity index is 476. The van der Waals surface area contributed by atoms with Gasteiger partial charge >= 0.3 is 5.97 Å². The van der Waals surface area contributed by atoms with Crippen LogP contribution in [0.4, 0.5) is 0 Å². The number of hydrogen-bond acceptors (Lipinski definition) is 5. The normalized spacial score (nSPS) is 12.8. The number of ether oxygens (including phenoxy) is 1. The summed E-state index contributed by atoms with van der Waals surface area (Å²) in [4.78, 5) is 22.0. The molecule has 20 heavy (non-hydrogen) atoms. The second-order valence-corrected chi connectivity index (χ2v) is 5.74. The maximum absolute atomic E-state index is 11.1. The van der Waals surface area contributed by atoms with Crippen LogP contribution in [-0.4, -0.2) is 39.5 Å². The molecular formula is C13H22N4O3. The summed E-state index contributed by atoms with van der Waals surface area (Å²) >= 11 is 0. The number of rotatable bonds is 5. The van der Waals surface area contributed by atoms with Crippen LogP contribution in [0.2, 0.25) is 0 Å². The predicted molar refractivity (Wildman–Crippen MR) is 73.0 cm³/mol. The average molecular weight is 282 g/mol. The second kappa shape index (κ2) is 6.49. The van der Waals surface area contributed by atoms with Crippen molar-refractivity contribution in [3.8, 4) is 0 Å². The third kappa shape index (κ3) is 5.38. The number of amides is 1. The molecule has 7 heteroatoms. The smallest absolute Gasteiger partial charge is 0.303 e. The molecular weight excluding hydrogens is 260 g/mol. The van der Waals surface area contributed by atoms with Gasteiger partial charge in [0.2, 0.25) is 5.91 Å². The fraction of sp³-hybridized carbons (Fsp3) is 0.692. The van der Waals surface area contributed by atoms with Gasteiger partial charge in [0.05, 0.1) is 18.8 Å². The molecule has 0 bridgehead atoms. The highest BCUT2D eigenvalue weighted by atomic mass is 16.5. The molecule has 0 aliphatic heterocycles. The van der Waals surface area contributed by atoms with E-state index in [1.165, 1.54) is 13.8 Å². The van der Waals surface area contributed by atoms with Gasteiger partial charge in [-0.3, -0.25) is 9.59 Å². The van der Waals surface area contributed by atoms with E-state index in [2.05, 4.69) is 15.6 Å². The van der Waals surface area contributed by atoms with Crippen LogP contribution < -0.4 is 5.32 Å². The summed E-state index contributed by atoms with van der Waals surface area (Å²) in [7, 11) is 0. The summed E-state index contributed by atoms with van der Waals surface area (Å²) in [6, 6.07) is 0. The first kappa shape index (κ1) is 16.1. The molecule has 7 nitrogen and oxygen atoms in total. The fourth-order valence-electron chi connectivity index (χ4n) is 1.58. The molecule has 0 aliphatic carbocycles. The van der Waals surface area contributed by atoms with Crippen molar-refractivity contribution in [3.05, 3.63) is 11.9 Å². The van der Waals surface area contributed by atoms with Gasteiger partial charge < -0.3 is 10.1 Å². The maximum atomic E-state index is 11.1. The largest absolute Gasteiger partial charge is 0.459 e. The zero-order chi connectivity index (χ0) is 15.3. The predicted octanol–water partition coefficient (Wildman–Crippen LogP) is 0.643. The zero-order valence-electron chi connectivity index (χ0n) is 12.6. The van der Waals surface area contributed by atoms with Crippen molar-refractivity contribution in [2.75, 3.05) is 6.54 Å². The van der Waals surface area contributed by atoms with Crippen molar-refractivity contribution in [1.82, 2.24) is 20.3 Å². The number of aromatic nitrogens is 3. The summed E-state index contributed by atoms with van der Waals surface area (Å²) in [6.45, 7) is 9.48. The Morgan fingerprint density at radius 3 is 2.50 bits per heavy atom.